The number of fused-ring (bicyclic) bond motifs is 3. The highest BCUT2D eigenvalue weighted by Crippen LogP contribution is 2.53. The van der Waals surface area contributed by atoms with Crippen LogP contribution in [0.4, 0.5) is 5.00 Å². The van der Waals surface area contributed by atoms with Crippen molar-refractivity contribution < 1.29 is 19.5 Å². The Bertz CT molecular complexity index is 1230. The Morgan fingerprint density at radius 1 is 1.05 bits per heavy atom. The van der Waals surface area contributed by atoms with E-state index in [1.165, 1.54) is 21.8 Å². The minimum absolute atomic E-state index is 0.0825. The van der Waals surface area contributed by atoms with Crippen molar-refractivity contribution in [2.24, 2.45) is 35.0 Å². The zero-order chi connectivity index (χ0) is 27.2. The molecule has 1 aromatic heterocycles. The molecule has 7 heteroatoms. The maximum atomic E-state index is 13.6. The van der Waals surface area contributed by atoms with Crippen LogP contribution in [0.15, 0.2) is 24.3 Å². The molecule has 0 unspecified atom stereocenters. The number of hydrogen-bond acceptors (Lipinski definition) is 4. The summed E-state index contributed by atoms with van der Waals surface area (Å²) >= 11 is 1.52. The van der Waals surface area contributed by atoms with Gasteiger partial charge in [0.05, 0.1) is 17.4 Å². The van der Waals surface area contributed by atoms with Crippen molar-refractivity contribution in [1.82, 2.24) is 5.32 Å². The molecule has 204 valence electrons. The van der Waals surface area contributed by atoms with Crippen molar-refractivity contribution in [2.75, 3.05) is 5.32 Å². The lowest BCUT2D eigenvalue weighted by Crippen LogP contribution is -2.38. The van der Waals surface area contributed by atoms with Gasteiger partial charge in [-0.25, -0.2) is 0 Å². The number of benzene rings is 1. The molecule has 2 fully saturated rings. The second kappa shape index (κ2) is 10.5. The monoisotopic (exact) mass is 536 g/mol. The number of carboxylic acids is 1. The summed E-state index contributed by atoms with van der Waals surface area (Å²) in [6.07, 6.45) is 6.44. The van der Waals surface area contributed by atoms with E-state index in [4.69, 9.17) is 0 Å². The van der Waals surface area contributed by atoms with E-state index in [0.717, 1.165) is 56.1 Å². The number of rotatable bonds is 8. The van der Waals surface area contributed by atoms with E-state index in [9.17, 15) is 19.5 Å². The molecule has 1 aromatic carbocycles. The molecule has 0 aliphatic heterocycles. The van der Waals surface area contributed by atoms with Crippen molar-refractivity contribution in [3.8, 4) is 0 Å². The van der Waals surface area contributed by atoms with E-state index in [-0.39, 0.29) is 29.1 Å². The number of amides is 2. The molecule has 2 amide bonds. The first-order valence-corrected chi connectivity index (χ1v) is 14.9. The minimum atomic E-state index is -0.872. The molecule has 0 saturated heterocycles. The molecule has 2 aromatic rings. The van der Waals surface area contributed by atoms with Gasteiger partial charge >= 0.3 is 5.97 Å². The van der Waals surface area contributed by atoms with Crippen LogP contribution in [0.25, 0.3) is 0 Å². The Balaban J connectivity index is 1.42. The van der Waals surface area contributed by atoms with Crippen molar-refractivity contribution in [3.05, 3.63) is 51.4 Å². The molecule has 2 saturated carbocycles. The minimum Gasteiger partial charge on any atom is -0.481 e. The zero-order valence-corrected chi connectivity index (χ0v) is 23.7. The lowest BCUT2D eigenvalue weighted by Gasteiger charge is -2.36. The quantitative estimate of drug-likeness (QED) is 0.374. The molecular weight excluding hydrogens is 496 g/mol. The number of nitrogens with one attached hydrogen (secondary N) is 2. The first-order valence-electron chi connectivity index (χ1n) is 14.1. The lowest BCUT2D eigenvalue weighted by atomic mass is 9.69. The van der Waals surface area contributed by atoms with Gasteiger partial charge in [-0.3, -0.25) is 14.4 Å². The van der Waals surface area contributed by atoms with E-state index in [0.29, 0.717) is 23.0 Å². The van der Waals surface area contributed by atoms with E-state index in [1.54, 1.807) is 0 Å². The van der Waals surface area contributed by atoms with Crippen molar-refractivity contribution >= 4 is 34.1 Å². The van der Waals surface area contributed by atoms with Crippen LogP contribution in [0.3, 0.4) is 0 Å². The van der Waals surface area contributed by atoms with Crippen LogP contribution in [0, 0.1) is 41.9 Å². The first-order chi connectivity index (χ1) is 18.1. The molecule has 1 heterocycles. The number of thiophene rings is 1. The van der Waals surface area contributed by atoms with Crippen LogP contribution in [0.5, 0.6) is 0 Å². The van der Waals surface area contributed by atoms with Crippen LogP contribution in [0.2, 0.25) is 0 Å². The Morgan fingerprint density at radius 2 is 1.74 bits per heavy atom. The van der Waals surface area contributed by atoms with Gasteiger partial charge in [0.25, 0.3) is 5.91 Å². The molecule has 0 radical (unpaired) electrons. The molecule has 5 atom stereocenters. The molecule has 3 aliphatic rings. The number of hydrogen-bond donors (Lipinski definition) is 3. The molecule has 0 spiro atoms. The third kappa shape index (κ3) is 5.02. The topological polar surface area (TPSA) is 95.5 Å². The van der Waals surface area contributed by atoms with Crippen LogP contribution in [-0.2, 0) is 29.0 Å². The summed E-state index contributed by atoms with van der Waals surface area (Å²) in [6, 6.07) is 8.09. The zero-order valence-electron chi connectivity index (χ0n) is 22.9. The highest BCUT2D eigenvalue weighted by molar-refractivity contribution is 7.17. The summed E-state index contributed by atoms with van der Waals surface area (Å²) < 4.78 is 0. The number of aliphatic carboxylic acids is 1. The normalized spacial score (nSPS) is 26.2. The van der Waals surface area contributed by atoms with Gasteiger partial charge in [0.2, 0.25) is 5.91 Å². The SMILES string of the molecule is CCC(C)(C)[C@@H]1CCc2c(sc(NC(=O)[C@@H]3[C@H]4CC[C@@H](C4)[C@H]3C(=O)O)c2C(=O)NCc2ccc(C)cc2)C1. The second-order valence-corrected chi connectivity index (χ2v) is 13.5. The molecule has 3 N–H and O–H groups in total. The predicted octanol–water partition coefficient (Wildman–Crippen LogP) is 6.21. The van der Waals surface area contributed by atoms with Crippen LogP contribution < -0.4 is 10.6 Å². The standard InChI is InChI=1S/C31H40N2O4S/c1-5-31(3,4)21-12-13-22-23(15-21)38-29(26(22)27(34)32-16-18-8-6-17(2)7-9-18)33-28(35)24-19-10-11-20(14-19)25(24)30(36)37/h6-9,19-21,24-25H,5,10-16H2,1-4H3,(H,32,34)(H,33,35)(H,36,37)/t19-,20-,21+,24+,25+/m0/s1. The Kier molecular flexibility index (Phi) is 7.42. The molecule has 6 nitrogen and oxygen atoms in total. The number of carbonyl (C=O) groups excluding carboxylic acids is 2. The molecule has 2 bridgehead atoms. The largest absolute Gasteiger partial charge is 0.481 e. The van der Waals surface area contributed by atoms with Gasteiger partial charge in [-0.05, 0) is 79.7 Å². The lowest BCUT2D eigenvalue weighted by molar-refractivity contribution is -0.148. The van der Waals surface area contributed by atoms with Crippen LogP contribution >= 0.6 is 11.3 Å². The third-order valence-electron chi connectivity index (χ3n) is 9.82. The van der Waals surface area contributed by atoms with Crippen molar-refractivity contribution in [2.45, 2.75) is 79.2 Å². The summed E-state index contributed by atoms with van der Waals surface area (Å²) in [5.41, 5.74) is 4.03. The van der Waals surface area contributed by atoms with Gasteiger partial charge in [-0.1, -0.05) is 57.0 Å². The first kappa shape index (κ1) is 26.9. The Labute approximate surface area is 229 Å². The van der Waals surface area contributed by atoms with Gasteiger partial charge in [-0.15, -0.1) is 11.3 Å². The van der Waals surface area contributed by atoms with Gasteiger partial charge in [0.1, 0.15) is 5.00 Å². The van der Waals surface area contributed by atoms with Gasteiger partial charge < -0.3 is 15.7 Å². The molecule has 38 heavy (non-hydrogen) atoms. The fourth-order valence-electron chi connectivity index (χ4n) is 7.07. The summed E-state index contributed by atoms with van der Waals surface area (Å²) in [5, 5.41) is 16.6. The fourth-order valence-corrected chi connectivity index (χ4v) is 8.39. The summed E-state index contributed by atoms with van der Waals surface area (Å²) in [5.74, 6) is -1.72. The smallest absolute Gasteiger partial charge is 0.307 e. The summed E-state index contributed by atoms with van der Waals surface area (Å²) in [7, 11) is 0. The molecule has 3 aliphatic carbocycles. The van der Waals surface area contributed by atoms with E-state index >= 15 is 0 Å². The third-order valence-corrected chi connectivity index (χ3v) is 11.0. The second-order valence-electron chi connectivity index (χ2n) is 12.4. The van der Waals surface area contributed by atoms with Crippen LogP contribution in [-0.4, -0.2) is 22.9 Å². The Morgan fingerprint density at radius 3 is 2.39 bits per heavy atom. The van der Waals surface area contributed by atoms with Gasteiger partial charge in [0.15, 0.2) is 0 Å². The van der Waals surface area contributed by atoms with Crippen molar-refractivity contribution in [3.63, 3.8) is 0 Å². The number of anilines is 1. The van der Waals surface area contributed by atoms with Crippen LogP contribution in [0.1, 0.15) is 84.8 Å². The number of carboxylic acid groups (broad SMARTS) is 1. The summed E-state index contributed by atoms with van der Waals surface area (Å²) in [6.45, 7) is 9.31. The average molecular weight is 537 g/mol. The number of aryl methyl sites for hydroxylation is 1. The maximum Gasteiger partial charge on any atom is 0.307 e. The van der Waals surface area contributed by atoms with Gasteiger partial charge in [-0.2, -0.15) is 0 Å². The van der Waals surface area contributed by atoms with E-state index < -0.39 is 17.8 Å². The maximum absolute atomic E-state index is 13.6. The average Bonchev–Trinajstić information content (AvgIpc) is 3.60. The van der Waals surface area contributed by atoms with Crippen molar-refractivity contribution in [1.29, 1.82) is 0 Å². The highest BCUT2D eigenvalue weighted by Gasteiger charge is 2.54. The number of carbonyl (C=O) groups is 3. The summed E-state index contributed by atoms with van der Waals surface area (Å²) in [4.78, 5) is 40.4. The van der Waals surface area contributed by atoms with E-state index in [1.807, 2.05) is 31.2 Å². The van der Waals surface area contributed by atoms with E-state index in [2.05, 4.69) is 31.4 Å². The fraction of sp³-hybridized carbons (Fsp3) is 0.581. The van der Waals surface area contributed by atoms with Gasteiger partial charge in [0, 0.05) is 11.4 Å². The molecule has 5 rings (SSSR count). The highest BCUT2D eigenvalue weighted by atomic mass is 32.1. The molecular formula is C31H40N2O4S. The Hall–Kier alpha value is -2.67. The predicted molar refractivity (Wildman–Crippen MR) is 150 cm³/mol.